The van der Waals surface area contributed by atoms with Gasteiger partial charge in [-0.25, -0.2) is 0 Å². The number of hydrogen-bond donors (Lipinski definition) is 0. The van der Waals surface area contributed by atoms with E-state index >= 15 is 0 Å². The van der Waals surface area contributed by atoms with Crippen LogP contribution in [0.4, 0.5) is 0 Å². The largest absolute Gasteiger partial charge is 1.00 e. The number of halogens is 1. The molecule has 0 bridgehead atoms. The minimum Gasteiger partial charge on any atom is -0.343 e. The summed E-state index contributed by atoms with van der Waals surface area (Å²) in [6.07, 6.45) is 4.64. The minimum atomic E-state index is 0. The van der Waals surface area contributed by atoms with Crippen molar-refractivity contribution in [2.75, 3.05) is 5.88 Å². The van der Waals surface area contributed by atoms with Crippen molar-refractivity contribution in [3.05, 3.63) is 6.92 Å². The van der Waals surface area contributed by atoms with Crippen LogP contribution >= 0.6 is 11.6 Å². The fraction of sp³-hybridized carbons (Fsp3) is 0.875. The molecule has 0 aliphatic rings. The quantitative estimate of drug-likeness (QED) is 0.320. The molecule has 0 aliphatic carbocycles. The van der Waals surface area contributed by atoms with Gasteiger partial charge in [0.05, 0.1) is 0 Å². The molecule has 0 aromatic rings. The van der Waals surface area contributed by atoms with Gasteiger partial charge >= 0.3 is 18.9 Å². The van der Waals surface area contributed by atoms with Crippen molar-refractivity contribution in [3.8, 4) is 0 Å². The Morgan fingerprint density at radius 2 is 1.60 bits per heavy atom. The maximum Gasteiger partial charge on any atom is 1.00 e. The van der Waals surface area contributed by atoms with E-state index in [9.17, 15) is 0 Å². The van der Waals surface area contributed by atoms with E-state index in [1.165, 1.54) is 12.8 Å². The molecule has 10 heavy (non-hydrogen) atoms. The summed E-state index contributed by atoms with van der Waals surface area (Å²) in [5.74, 6) is 0.816. The number of hydrogen-bond acceptors (Lipinski definition) is 0. The predicted molar refractivity (Wildman–Crippen MR) is 45.9 cm³/mol. The number of unbranched alkanes of at least 4 members (excludes halogenated alkanes) is 2. The molecule has 0 atom stereocenters. The van der Waals surface area contributed by atoms with Gasteiger partial charge < -0.3 is 6.92 Å². The van der Waals surface area contributed by atoms with Crippen molar-refractivity contribution < 1.29 is 18.9 Å². The molecule has 0 aliphatic heterocycles. The second kappa shape index (κ2) is 22.5. The third kappa shape index (κ3) is 36.6. The molecule has 0 aromatic heterocycles. The Morgan fingerprint density at radius 3 is 1.60 bits per heavy atom. The van der Waals surface area contributed by atoms with Gasteiger partial charge in [-0.3, -0.25) is 0 Å². The molecule has 0 heterocycles. The summed E-state index contributed by atoms with van der Waals surface area (Å²) in [4.78, 5) is 0. The normalized spacial score (nSPS) is 7.20. The molecule has 0 spiro atoms. The Hall–Kier alpha value is 0.887. The monoisotopic (exact) mass is 156 g/mol. The number of alkyl halides is 1. The summed E-state index contributed by atoms with van der Waals surface area (Å²) in [6, 6.07) is 0. The zero-order valence-corrected chi connectivity index (χ0v) is 8.38. The SMILES string of the molecule is CCCCCl.[CH2-]CCC.[Li+]. The van der Waals surface area contributed by atoms with E-state index in [1.54, 1.807) is 0 Å². The van der Waals surface area contributed by atoms with Gasteiger partial charge in [-0.05, 0) is 6.42 Å². The zero-order chi connectivity index (χ0) is 7.54. The summed E-state index contributed by atoms with van der Waals surface area (Å²) in [5, 5.41) is 0. The van der Waals surface area contributed by atoms with Crippen molar-refractivity contribution in [1.29, 1.82) is 0 Å². The fourth-order valence-corrected chi connectivity index (χ4v) is 0.401. The van der Waals surface area contributed by atoms with Crippen LogP contribution in [0.1, 0.15) is 39.5 Å². The Labute approximate surface area is 82.9 Å². The van der Waals surface area contributed by atoms with E-state index in [2.05, 4.69) is 20.8 Å². The van der Waals surface area contributed by atoms with Gasteiger partial charge in [0.15, 0.2) is 0 Å². The minimum absolute atomic E-state index is 0. The average molecular weight is 157 g/mol. The van der Waals surface area contributed by atoms with Crippen molar-refractivity contribution in [2.45, 2.75) is 39.5 Å². The Bertz CT molecular complexity index is 28.4. The maximum absolute atomic E-state index is 5.30. The smallest absolute Gasteiger partial charge is 0.343 e. The number of rotatable bonds is 3. The zero-order valence-electron chi connectivity index (χ0n) is 7.62. The van der Waals surface area contributed by atoms with E-state index in [0.29, 0.717) is 0 Å². The van der Waals surface area contributed by atoms with Crippen LogP contribution in [0, 0.1) is 6.92 Å². The van der Waals surface area contributed by atoms with Crippen LogP contribution in [0.25, 0.3) is 0 Å². The second-order valence-corrected chi connectivity index (χ2v) is 2.27. The standard InChI is InChI=1S/C4H9Cl.C4H9.Li/c1-2-3-4-5;1-3-4-2;/h2-4H2,1H3;1,3-4H2,2H3;/q;-1;+1. The van der Waals surface area contributed by atoms with Gasteiger partial charge in [0, 0.05) is 5.88 Å². The first-order valence-corrected chi connectivity index (χ1v) is 4.22. The van der Waals surface area contributed by atoms with Gasteiger partial charge in [0.25, 0.3) is 0 Å². The Balaban J connectivity index is -0.0000000910. The third-order valence-electron chi connectivity index (χ3n) is 0.841. The molecule has 0 nitrogen and oxygen atoms in total. The molecule has 0 N–H and O–H groups in total. The molecule has 0 unspecified atom stereocenters. The van der Waals surface area contributed by atoms with Crippen molar-refractivity contribution in [3.63, 3.8) is 0 Å². The predicted octanol–water partition coefficient (Wildman–Crippen LogP) is 0.650. The first-order valence-electron chi connectivity index (χ1n) is 3.68. The van der Waals surface area contributed by atoms with Gasteiger partial charge in [-0.1, -0.05) is 26.7 Å². The van der Waals surface area contributed by atoms with Crippen molar-refractivity contribution in [2.24, 2.45) is 0 Å². The van der Waals surface area contributed by atoms with E-state index in [4.69, 9.17) is 11.6 Å². The van der Waals surface area contributed by atoms with Crippen LogP contribution < -0.4 is 18.9 Å². The first kappa shape index (κ1) is 17.1. The topological polar surface area (TPSA) is 0 Å². The second-order valence-electron chi connectivity index (χ2n) is 1.90. The first-order chi connectivity index (χ1) is 4.33. The molecule has 0 saturated carbocycles. The van der Waals surface area contributed by atoms with Crippen molar-refractivity contribution in [1.82, 2.24) is 0 Å². The summed E-state index contributed by atoms with van der Waals surface area (Å²) >= 11 is 5.30. The van der Waals surface area contributed by atoms with Crippen molar-refractivity contribution >= 4 is 11.6 Å². The molecule has 0 saturated heterocycles. The third-order valence-corrected chi connectivity index (χ3v) is 1.11. The Kier molecular flexibility index (Phi) is 38.5. The Morgan fingerprint density at radius 1 is 1.20 bits per heavy atom. The summed E-state index contributed by atoms with van der Waals surface area (Å²) < 4.78 is 0. The van der Waals surface area contributed by atoms with Gasteiger partial charge in [0.2, 0.25) is 0 Å². The summed E-state index contributed by atoms with van der Waals surface area (Å²) in [5.41, 5.74) is 0. The molecule has 0 aromatic carbocycles. The molecule has 0 rings (SSSR count). The fourth-order valence-electron chi connectivity index (χ4n) is 0.134. The summed E-state index contributed by atoms with van der Waals surface area (Å²) in [6.45, 7) is 7.85. The van der Waals surface area contributed by atoms with Crippen LogP contribution in [0.3, 0.4) is 0 Å². The molecule has 2 heteroatoms. The van der Waals surface area contributed by atoms with Crippen LogP contribution in [-0.4, -0.2) is 5.88 Å². The molecule has 0 amide bonds. The van der Waals surface area contributed by atoms with E-state index in [0.717, 1.165) is 18.7 Å². The van der Waals surface area contributed by atoms with E-state index in [-0.39, 0.29) is 18.9 Å². The summed E-state index contributed by atoms with van der Waals surface area (Å²) in [7, 11) is 0. The average Bonchev–Trinajstić information content (AvgIpc) is 1.91. The van der Waals surface area contributed by atoms with Crippen LogP contribution in [0.15, 0.2) is 0 Å². The maximum atomic E-state index is 5.30. The van der Waals surface area contributed by atoms with Crippen LogP contribution in [0.2, 0.25) is 0 Å². The van der Waals surface area contributed by atoms with Gasteiger partial charge in [-0.15, -0.1) is 11.6 Å². The van der Waals surface area contributed by atoms with E-state index in [1.807, 2.05) is 0 Å². The molecule has 58 valence electrons. The van der Waals surface area contributed by atoms with Crippen LogP contribution in [-0.2, 0) is 0 Å². The van der Waals surface area contributed by atoms with E-state index < -0.39 is 0 Å². The van der Waals surface area contributed by atoms with Crippen LogP contribution in [0.5, 0.6) is 0 Å². The molecule has 0 radical (unpaired) electrons. The molecule has 0 fully saturated rings. The molecular weight excluding hydrogens is 138 g/mol. The van der Waals surface area contributed by atoms with Gasteiger partial charge in [-0.2, -0.15) is 6.42 Å². The molecular formula is C8H18ClLi. The van der Waals surface area contributed by atoms with Gasteiger partial charge in [0.1, 0.15) is 0 Å².